The predicted octanol–water partition coefficient (Wildman–Crippen LogP) is 1.63. The maximum absolute atomic E-state index is 13.6. The lowest BCUT2D eigenvalue weighted by Gasteiger charge is -2.26. The predicted molar refractivity (Wildman–Crippen MR) is 237 cm³/mol. The number of hydrogen-bond acceptors (Lipinski definition) is 15. The number of carbonyl (C=O) groups is 10. The fraction of sp³-hybridized carbons (Fsp3) is 0.488. The number of aromatic carboxylic acids is 1. The molecule has 24 heteroatoms. The molecule has 8 amide bonds. The SMILES string of the molecule is CC(C)[C@H](NC(=O)CCOCCOCCOCCN1C(=O)C=CC1=O)C(=O)C[C@@H](CCCNC(N)=O)C(=O)Nc1ccc(COC(=O)N2CCc3c(sc(NC(=O)C(=O)O)c3C(=O)O)C2)cc1. The van der Waals surface area contributed by atoms with Crippen molar-refractivity contribution in [2.24, 2.45) is 17.6 Å². The second-order valence-electron chi connectivity index (χ2n) is 15.5. The minimum Gasteiger partial charge on any atom is -0.478 e. The molecule has 1 aromatic heterocycles. The molecule has 0 spiro atoms. The van der Waals surface area contributed by atoms with Crippen molar-refractivity contribution in [1.29, 1.82) is 0 Å². The number of urea groups is 1. The van der Waals surface area contributed by atoms with Crippen molar-refractivity contribution < 1.29 is 77.1 Å². The number of carboxylic acids is 2. The number of anilines is 2. The molecular formula is C43H55N7O16S. The van der Waals surface area contributed by atoms with Gasteiger partial charge in [0.1, 0.15) is 11.6 Å². The zero-order valence-electron chi connectivity index (χ0n) is 37.0. The number of Topliss-reactive ketones (excluding diaryl/α,β-unsaturated/α-hetero) is 1. The lowest BCUT2D eigenvalue weighted by Crippen LogP contribution is -2.45. The lowest BCUT2D eigenvalue weighted by atomic mass is 9.89. The number of ketones is 1. The van der Waals surface area contributed by atoms with E-state index >= 15 is 0 Å². The molecule has 364 valence electrons. The number of aliphatic carboxylic acids is 1. The number of amides is 8. The first-order valence-electron chi connectivity index (χ1n) is 21.3. The van der Waals surface area contributed by atoms with Gasteiger partial charge in [-0.2, -0.15) is 0 Å². The van der Waals surface area contributed by atoms with Crippen LogP contribution in [0.4, 0.5) is 20.3 Å². The van der Waals surface area contributed by atoms with Crippen molar-refractivity contribution in [2.75, 3.05) is 69.9 Å². The highest BCUT2D eigenvalue weighted by Crippen LogP contribution is 2.37. The Morgan fingerprint density at radius 2 is 1.51 bits per heavy atom. The summed E-state index contributed by atoms with van der Waals surface area (Å²) in [5.74, 6) is -7.72. The molecule has 0 bridgehead atoms. The third-order valence-corrected chi connectivity index (χ3v) is 11.4. The van der Waals surface area contributed by atoms with E-state index in [-0.39, 0.29) is 132 Å². The Labute approximate surface area is 388 Å². The maximum atomic E-state index is 13.6. The summed E-state index contributed by atoms with van der Waals surface area (Å²) in [5, 5.41) is 28.6. The van der Waals surface area contributed by atoms with Crippen molar-refractivity contribution in [1.82, 2.24) is 20.4 Å². The second-order valence-corrected chi connectivity index (χ2v) is 16.6. The smallest absolute Gasteiger partial charge is 0.410 e. The lowest BCUT2D eigenvalue weighted by molar-refractivity contribution is -0.147. The van der Waals surface area contributed by atoms with Crippen LogP contribution in [0, 0.1) is 11.8 Å². The van der Waals surface area contributed by atoms with Gasteiger partial charge in [0, 0.05) is 54.6 Å². The van der Waals surface area contributed by atoms with Gasteiger partial charge in [-0.05, 0) is 48.4 Å². The summed E-state index contributed by atoms with van der Waals surface area (Å²) in [6.45, 7) is 4.92. The Balaban J connectivity index is 1.21. The number of fused-ring (bicyclic) bond motifs is 1. The number of hydrogen-bond donors (Lipinski definition) is 7. The highest BCUT2D eigenvalue weighted by molar-refractivity contribution is 7.17. The molecule has 0 fully saturated rings. The summed E-state index contributed by atoms with van der Waals surface area (Å²) >= 11 is 0.864. The van der Waals surface area contributed by atoms with Crippen LogP contribution in [-0.2, 0) is 72.1 Å². The van der Waals surface area contributed by atoms with Crippen LogP contribution >= 0.6 is 11.3 Å². The highest BCUT2D eigenvalue weighted by atomic mass is 32.1. The van der Waals surface area contributed by atoms with Crippen molar-refractivity contribution in [2.45, 2.75) is 65.1 Å². The van der Waals surface area contributed by atoms with E-state index in [1.165, 1.54) is 17.1 Å². The molecule has 2 atom stereocenters. The third kappa shape index (κ3) is 16.9. The van der Waals surface area contributed by atoms with Crippen LogP contribution in [0.25, 0.3) is 0 Å². The fourth-order valence-corrected chi connectivity index (χ4v) is 8.08. The van der Waals surface area contributed by atoms with Crippen LogP contribution in [0.3, 0.4) is 0 Å². The van der Waals surface area contributed by atoms with E-state index in [2.05, 4.69) is 21.3 Å². The van der Waals surface area contributed by atoms with Gasteiger partial charge in [-0.1, -0.05) is 26.0 Å². The van der Waals surface area contributed by atoms with E-state index in [4.69, 9.17) is 29.8 Å². The van der Waals surface area contributed by atoms with Gasteiger partial charge in [0.25, 0.3) is 11.8 Å². The molecule has 1 aromatic carbocycles. The van der Waals surface area contributed by atoms with Crippen molar-refractivity contribution >= 4 is 81.4 Å². The summed E-state index contributed by atoms with van der Waals surface area (Å²) in [6, 6.07) is 4.76. The first-order chi connectivity index (χ1) is 31.9. The number of ether oxygens (including phenoxy) is 4. The minimum atomic E-state index is -1.78. The summed E-state index contributed by atoms with van der Waals surface area (Å²) in [5.41, 5.74) is 6.30. The van der Waals surface area contributed by atoms with E-state index in [0.29, 0.717) is 28.1 Å². The number of imide groups is 1. The molecule has 0 radical (unpaired) electrons. The number of nitrogens with one attached hydrogen (secondary N) is 4. The van der Waals surface area contributed by atoms with Gasteiger partial charge in [-0.15, -0.1) is 11.3 Å². The number of primary amides is 1. The normalized spacial score (nSPS) is 14.0. The van der Waals surface area contributed by atoms with Crippen LogP contribution in [0.1, 0.15) is 65.9 Å². The number of carbonyl (C=O) groups excluding carboxylic acids is 8. The number of carboxylic acid groups (broad SMARTS) is 2. The van der Waals surface area contributed by atoms with E-state index in [1.807, 2.05) is 0 Å². The Kier molecular flexibility index (Phi) is 20.8. The van der Waals surface area contributed by atoms with Crippen LogP contribution < -0.4 is 27.0 Å². The monoisotopic (exact) mass is 957 g/mol. The largest absolute Gasteiger partial charge is 0.478 e. The minimum absolute atomic E-state index is 0.0256. The molecule has 8 N–H and O–H groups in total. The molecule has 0 saturated heterocycles. The maximum Gasteiger partial charge on any atom is 0.410 e. The molecule has 4 rings (SSSR count). The van der Waals surface area contributed by atoms with Gasteiger partial charge in [0.05, 0.1) is 64.3 Å². The highest BCUT2D eigenvalue weighted by Gasteiger charge is 2.32. The zero-order valence-corrected chi connectivity index (χ0v) is 37.8. The molecule has 3 heterocycles. The number of rotatable bonds is 27. The van der Waals surface area contributed by atoms with E-state index in [9.17, 15) is 53.1 Å². The van der Waals surface area contributed by atoms with Gasteiger partial charge in [-0.3, -0.25) is 33.7 Å². The summed E-state index contributed by atoms with van der Waals surface area (Å²) in [6.07, 6.45) is 2.10. The summed E-state index contributed by atoms with van der Waals surface area (Å²) < 4.78 is 21.8. The van der Waals surface area contributed by atoms with Crippen LogP contribution in [0.15, 0.2) is 36.4 Å². The molecule has 0 aliphatic carbocycles. The first-order valence-corrected chi connectivity index (χ1v) is 22.1. The number of benzene rings is 1. The van der Waals surface area contributed by atoms with Gasteiger partial charge >= 0.3 is 30.0 Å². The first kappa shape index (κ1) is 52.9. The van der Waals surface area contributed by atoms with E-state index in [0.717, 1.165) is 16.2 Å². The van der Waals surface area contributed by atoms with Crippen molar-refractivity contribution in [3.8, 4) is 0 Å². The molecule has 2 aliphatic rings. The zero-order chi connectivity index (χ0) is 49.0. The number of thiophene rings is 1. The standard InChI is InChI=1S/C43H55N7O16S/c1-25(2)36(47-32(52)12-16-63-18-20-65-21-19-64-17-15-50-33(53)9-10-34(50)54)30(51)22-27(4-3-13-45-42(44)61)37(55)46-28-7-5-26(6-8-28)24-66-43(62)49-14-11-29-31(23-49)67-39(35(29)40(57)58)48-38(56)41(59)60/h5-10,25,27,36H,3-4,11-24H2,1-2H3,(H,46,55)(H,47,52)(H,48,56)(H,57,58)(H,59,60)(H3,44,45,61)/t27-,36+/m1/s1. The van der Waals surface area contributed by atoms with Gasteiger partial charge in [-0.25, -0.2) is 19.2 Å². The van der Waals surface area contributed by atoms with Crippen LogP contribution in [-0.4, -0.2) is 145 Å². The Bertz CT molecular complexity index is 2160. The molecule has 0 unspecified atom stereocenters. The molecule has 2 aromatic rings. The quantitative estimate of drug-likeness (QED) is 0.0380. The number of nitrogens with two attached hydrogens (primary N) is 1. The molecular weight excluding hydrogens is 903 g/mol. The van der Waals surface area contributed by atoms with Gasteiger partial charge in [0.2, 0.25) is 11.8 Å². The molecule has 0 saturated carbocycles. The van der Waals surface area contributed by atoms with Crippen LogP contribution in [0.5, 0.6) is 0 Å². The van der Waals surface area contributed by atoms with E-state index in [1.54, 1.807) is 38.1 Å². The molecule has 2 aliphatic heterocycles. The Hall–Kier alpha value is -6.76. The average molecular weight is 958 g/mol. The molecule has 23 nitrogen and oxygen atoms in total. The summed E-state index contributed by atoms with van der Waals surface area (Å²) in [7, 11) is 0. The van der Waals surface area contributed by atoms with Crippen molar-refractivity contribution in [3.05, 3.63) is 58.0 Å². The average Bonchev–Trinajstić information content (AvgIpc) is 3.81. The third-order valence-electron chi connectivity index (χ3n) is 10.3. The Morgan fingerprint density at radius 3 is 2.12 bits per heavy atom. The van der Waals surface area contributed by atoms with Crippen LogP contribution in [0.2, 0.25) is 0 Å². The van der Waals surface area contributed by atoms with E-state index < -0.39 is 53.7 Å². The number of nitrogens with zero attached hydrogens (tertiary/aromatic N) is 2. The molecule has 67 heavy (non-hydrogen) atoms. The Morgan fingerprint density at radius 1 is 0.866 bits per heavy atom. The van der Waals surface area contributed by atoms with Crippen molar-refractivity contribution in [3.63, 3.8) is 0 Å². The fourth-order valence-electron chi connectivity index (χ4n) is 6.83. The topological polar surface area (TPSA) is 329 Å². The van der Waals surface area contributed by atoms with Gasteiger partial charge < -0.3 is 61.1 Å². The second kappa shape index (κ2) is 26.4. The van der Waals surface area contributed by atoms with Gasteiger partial charge in [0.15, 0.2) is 5.78 Å². The summed E-state index contributed by atoms with van der Waals surface area (Å²) in [4.78, 5) is 125.